The molecule has 0 unspecified atom stereocenters. The van der Waals surface area contributed by atoms with Gasteiger partial charge in [0, 0.05) is 10.9 Å². The molecule has 2 aromatic rings. The fourth-order valence-electron chi connectivity index (χ4n) is 1.08. The molecule has 0 aromatic carbocycles. The monoisotopic (exact) mass is 195 g/mol. The average molecular weight is 195 g/mol. The van der Waals surface area contributed by atoms with Gasteiger partial charge in [-0.25, -0.2) is 4.98 Å². The van der Waals surface area contributed by atoms with Crippen LogP contribution in [0.3, 0.4) is 0 Å². The number of nitrogens with zero attached hydrogens (tertiary/aromatic N) is 2. The van der Waals surface area contributed by atoms with Gasteiger partial charge in [0.25, 0.3) is 0 Å². The number of aromatic amines is 1. The molecule has 0 amide bonds. The number of nitrogens with one attached hydrogen (secondary N) is 1. The van der Waals surface area contributed by atoms with Gasteiger partial charge in [0.1, 0.15) is 6.61 Å². The third-order valence-corrected chi connectivity index (χ3v) is 2.64. The number of H-pyrrole nitrogens is 1. The van der Waals surface area contributed by atoms with Crippen LogP contribution in [-0.2, 0) is 6.61 Å². The van der Waals surface area contributed by atoms with E-state index in [2.05, 4.69) is 15.2 Å². The number of aryl methyl sites for hydroxylation is 1. The third kappa shape index (κ3) is 1.48. The number of hydrogen-bond acceptors (Lipinski definition) is 4. The van der Waals surface area contributed by atoms with Crippen LogP contribution in [0.15, 0.2) is 10.8 Å². The zero-order valence-electron chi connectivity index (χ0n) is 7.11. The molecule has 2 aromatic heterocycles. The Balaban J connectivity index is 2.41. The van der Waals surface area contributed by atoms with Gasteiger partial charge in [-0.15, -0.1) is 0 Å². The SMILES string of the molecule is Cc1cscc1-c1n[nH]c(CO)n1. The normalized spacial score (nSPS) is 10.6. The number of aliphatic hydroxyl groups is 1. The Bertz CT molecular complexity index is 407. The van der Waals surface area contributed by atoms with Crippen molar-refractivity contribution in [1.82, 2.24) is 15.2 Å². The molecule has 0 saturated heterocycles. The van der Waals surface area contributed by atoms with Gasteiger partial charge in [-0.2, -0.15) is 16.4 Å². The molecule has 0 aliphatic rings. The van der Waals surface area contributed by atoms with Gasteiger partial charge in [0.15, 0.2) is 11.6 Å². The van der Waals surface area contributed by atoms with Crippen molar-refractivity contribution in [3.63, 3.8) is 0 Å². The molecule has 68 valence electrons. The molecule has 5 heteroatoms. The van der Waals surface area contributed by atoms with Crippen molar-refractivity contribution in [3.05, 3.63) is 22.1 Å². The van der Waals surface area contributed by atoms with Gasteiger partial charge in [0.05, 0.1) is 0 Å². The summed E-state index contributed by atoms with van der Waals surface area (Å²) in [5, 5.41) is 19.5. The summed E-state index contributed by atoms with van der Waals surface area (Å²) in [5.41, 5.74) is 2.19. The molecule has 4 nitrogen and oxygen atoms in total. The summed E-state index contributed by atoms with van der Waals surface area (Å²) in [6, 6.07) is 0. The highest BCUT2D eigenvalue weighted by atomic mass is 32.1. The van der Waals surface area contributed by atoms with Crippen LogP contribution in [0, 0.1) is 6.92 Å². The maximum Gasteiger partial charge on any atom is 0.182 e. The van der Waals surface area contributed by atoms with Crippen LogP contribution in [-0.4, -0.2) is 20.3 Å². The zero-order valence-corrected chi connectivity index (χ0v) is 7.93. The average Bonchev–Trinajstić information content (AvgIpc) is 2.71. The van der Waals surface area contributed by atoms with Crippen molar-refractivity contribution in [1.29, 1.82) is 0 Å². The summed E-state index contributed by atoms with van der Waals surface area (Å²) in [6.45, 7) is 1.91. The predicted molar refractivity (Wildman–Crippen MR) is 50.4 cm³/mol. The Hall–Kier alpha value is -1.20. The van der Waals surface area contributed by atoms with E-state index in [1.807, 2.05) is 17.7 Å². The Morgan fingerprint density at radius 1 is 1.54 bits per heavy atom. The largest absolute Gasteiger partial charge is 0.388 e. The van der Waals surface area contributed by atoms with Crippen LogP contribution in [0.2, 0.25) is 0 Å². The van der Waals surface area contributed by atoms with Crippen molar-refractivity contribution in [3.8, 4) is 11.4 Å². The van der Waals surface area contributed by atoms with E-state index in [1.54, 1.807) is 11.3 Å². The first kappa shape index (κ1) is 8.40. The molecule has 0 radical (unpaired) electrons. The van der Waals surface area contributed by atoms with Crippen molar-refractivity contribution in [2.24, 2.45) is 0 Å². The second-order valence-corrected chi connectivity index (χ2v) is 3.48. The zero-order chi connectivity index (χ0) is 9.26. The number of aromatic nitrogens is 3. The number of rotatable bonds is 2. The fraction of sp³-hybridized carbons (Fsp3) is 0.250. The summed E-state index contributed by atoms with van der Waals surface area (Å²) in [6.07, 6.45) is 0. The van der Waals surface area contributed by atoms with Gasteiger partial charge >= 0.3 is 0 Å². The molecule has 13 heavy (non-hydrogen) atoms. The summed E-state index contributed by atoms with van der Waals surface area (Å²) < 4.78 is 0. The lowest BCUT2D eigenvalue weighted by Crippen LogP contribution is -1.84. The molecule has 0 aliphatic carbocycles. The van der Waals surface area contributed by atoms with Crippen LogP contribution in [0.1, 0.15) is 11.4 Å². The molecule has 0 spiro atoms. The molecule has 0 aliphatic heterocycles. The summed E-state index contributed by atoms with van der Waals surface area (Å²) >= 11 is 1.62. The first-order chi connectivity index (χ1) is 6.31. The van der Waals surface area contributed by atoms with Crippen LogP contribution in [0.5, 0.6) is 0 Å². The van der Waals surface area contributed by atoms with Gasteiger partial charge in [0.2, 0.25) is 0 Å². The van der Waals surface area contributed by atoms with Crippen LogP contribution < -0.4 is 0 Å². The minimum absolute atomic E-state index is 0.101. The minimum atomic E-state index is -0.101. The molecule has 0 atom stereocenters. The third-order valence-electron chi connectivity index (χ3n) is 1.78. The number of hydrogen-bond donors (Lipinski definition) is 2. The highest BCUT2D eigenvalue weighted by Crippen LogP contribution is 2.23. The molecule has 0 bridgehead atoms. The van der Waals surface area contributed by atoms with Crippen molar-refractivity contribution in [2.75, 3.05) is 0 Å². The summed E-state index contributed by atoms with van der Waals surface area (Å²) in [4.78, 5) is 4.12. The fourth-order valence-corrected chi connectivity index (χ4v) is 1.90. The van der Waals surface area contributed by atoms with Gasteiger partial charge in [-0.1, -0.05) is 0 Å². The Morgan fingerprint density at radius 3 is 2.92 bits per heavy atom. The maximum absolute atomic E-state index is 8.79. The van der Waals surface area contributed by atoms with Crippen molar-refractivity contribution < 1.29 is 5.11 Å². The topological polar surface area (TPSA) is 61.8 Å². The quantitative estimate of drug-likeness (QED) is 0.760. The van der Waals surface area contributed by atoms with Gasteiger partial charge < -0.3 is 5.11 Å². The molecule has 0 saturated carbocycles. The van der Waals surface area contributed by atoms with E-state index in [0.29, 0.717) is 11.6 Å². The number of aliphatic hydroxyl groups excluding tert-OH is 1. The van der Waals surface area contributed by atoms with E-state index in [4.69, 9.17) is 5.11 Å². The summed E-state index contributed by atoms with van der Waals surface area (Å²) in [7, 11) is 0. The molecular weight excluding hydrogens is 186 g/mol. The van der Waals surface area contributed by atoms with Gasteiger partial charge in [-0.3, -0.25) is 5.10 Å². The minimum Gasteiger partial charge on any atom is -0.388 e. The Kier molecular flexibility index (Phi) is 2.12. The highest BCUT2D eigenvalue weighted by Gasteiger charge is 2.08. The summed E-state index contributed by atoms with van der Waals surface area (Å²) in [5.74, 6) is 1.16. The van der Waals surface area contributed by atoms with Crippen molar-refractivity contribution in [2.45, 2.75) is 13.5 Å². The molecular formula is C8H9N3OS. The highest BCUT2D eigenvalue weighted by molar-refractivity contribution is 7.08. The second-order valence-electron chi connectivity index (χ2n) is 2.73. The Morgan fingerprint density at radius 2 is 2.38 bits per heavy atom. The van der Waals surface area contributed by atoms with Crippen molar-refractivity contribution >= 4 is 11.3 Å². The molecule has 2 N–H and O–H groups in total. The van der Waals surface area contributed by atoms with Crippen LogP contribution >= 0.6 is 11.3 Å². The van der Waals surface area contributed by atoms with E-state index in [9.17, 15) is 0 Å². The molecule has 0 fully saturated rings. The first-order valence-electron chi connectivity index (χ1n) is 3.86. The van der Waals surface area contributed by atoms with Gasteiger partial charge in [-0.05, 0) is 17.9 Å². The van der Waals surface area contributed by atoms with E-state index in [0.717, 1.165) is 11.1 Å². The second kappa shape index (κ2) is 3.27. The van der Waals surface area contributed by atoms with E-state index < -0.39 is 0 Å². The van der Waals surface area contributed by atoms with E-state index >= 15 is 0 Å². The smallest absolute Gasteiger partial charge is 0.182 e. The molecule has 2 rings (SSSR count). The lowest BCUT2D eigenvalue weighted by Gasteiger charge is -1.89. The standard InChI is InChI=1S/C8H9N3OS/c1-5-3-13-4-6(5)8-9-7(2-12)10-11-8/h3-4,12H,2H2,1H3,(H,9,10,11). The van der Waals surface area contributed by atoms with E-state index in [1.165, 1.54) is 0 Å². The maximum atomic E-state index is 8.79. The lowest BCUT2D eigenvalue weighted by atomic mass is 10.2. The van der Waals surface area contributed by atoms with Crippen LogP contribution in [0.25, 0.3) is 11.4 Å². The molecule has 2 heterocycles. The number of thiophene rings is 1. The Labute approximate surface area is 79.3 Å². The van der Waals surface area contributed by atoms with E-state index in [-0.39, 0.29) is 6.61 Å². The lowest BCUT2D eigenvalue weighted by molar-refractivity contribution is 0.272. The first-order valence-corrected chi connectivity index (χ1v) is 4.81. The van der Waals surface area contributed by atoms with Crippen LogP contribution in [0.4, 0.5) is 0 Å². The predicted octanol–water partition coefficient (Wildman–Crippen LogP) is 1.33.